The number of benzene rings is 1. The zero-order chi connectivity index (χ0) is 15.1. The Morgan fingerprint density at radius 2 is 2.24 bits per heavy atom. The van der Waals surface area contributed by atoms with Crippen LogP contribution >= 0.6 is 0 Å². The van der Waals surface area contributed by atoms with Crippen LogP contribution in [-0.4, -0.2) is 19.3 Å². The van der Waals surface area contributed by atoms with Crippen molar-refractivity contribution in [3.05, 3.63) is 35.1 Å². The third-order valence-electron chi connectivity index (χ3n) is 4.29. The van der Waals surface area contributed by atoms with Gasteiger partial charge in [0.2, 0.25) is 0 Å². The first-order valence-corrected chi connectivity index (χ1v) is 8.31. The van der Waals surface area contributed by atoms with Gasteiger partial charge in [-0.2, -0.15) is 0 Å². The first-order chi connectivity index (χ1) is 10.2. The molecule has 0 aliphatic carbocycles. The maximum atomic E-state index is 13.8. The molecule has 0 radical (unpaired) electrons. The predicted molar refractivity (Wildman–Crippen MR) is 85.0 cm³/mol. The van der Waals surface area contributed by atoms with Gasteiger partial charge in [-0.1, -0.05) is 19.1 Å². The summed E-state index contributed by atoms with van der Waals surface area (Å²) in [4.78, 5) is 0. The molecule has 0 bridgehead atoms. The van der Waals surface area contributed by atoms with Crippen LogP contribution in [0.5, 0.6) is 0 Å². The summed E-state index contributed by atoms with van der Waals surface area (Å²) in [6, 6.07) is 5.84. The first-order valence-electron chi connectivity index (χ1n) is 8.31. The summed E-state index contributed by atoms with van der Waals surface area (Å²) in [6.07, 6.45) is 7.17. The normalized spacial score (nSPS) is 20.4. The number of nitrogens with one attached hydrogen (secondary N) is 1. The van der Waals surface area contributed by atoms with Gasteiger partial charge in [-0.05, 0) is 69.2 Å². The van der Waals surface area contributed by atoms with Crippen molar-refractivity contribution in [3.8, 4) is 0 Å². The Morgan fingerprint density at radius 1 is 1.38 bits per heavy atom. The molecule has 21 heavy (non-hydrogen) atoms. The van der Waals surface area contributed by atoms with Crippen LogP contribution < -0.4 is 5.32 Å². The highest BCUT2D eigenvalue weighted by Crippen LogP contribution is 2.25. The Bertz CT molecular complexity index is 429. The molecule has 118 valence electrons. The van der Waals surface area contributed by atoms with Crippen LogP contribution in [0.2, 0.25) is 0 Å². The van der Waals surface area contributed by atoms with Crippen molar-refractivity contribution in [2.45, 2.75) is 64.5 Å². The minimum absolute atomic E-state index is 0.107. The maximum Gasteiger partial charge on any atom is 0.126 e. The summed E-state index contributed by atoms with van der Waals surface area (Å²) < 4.78 is 19.6. The van der Waals surface area contributed by atoms with Crippen molar-refractivity contribution in [2.75, 3.05) is 13.2 Å². The largest absolute Gasteiger partial charge is 0.378 e. The van der Waals surface area contributed by atoms with Gasteiger partial charge in [-0.15, -0.1) is 0 Å². The first kappa shape index (κ1) is 16.4. The number of aryl methyl sites for hydroxylation is 1. The fraction of sp³-hybridized carbons (Fsp3) is 0.667. The van der Waals surface area contributed by atoms with Gasteiger partial charge >= 0.3 is 0 Å². The Hall–Kier alpha value is -0.930. The van der Waals surface area contributed by atoms with Crippen molar-refractivity contribution in [1.82, 2.24) is 5.32 Å². The van der Waals surface area contributed by atoms with Crippen molar-refractivity contribution < 1.29 is 9.13 Å². The van der Waals surface area contributed by atoms with E-state index in [-0.39, 0.29) is 11.9 Å². The van der Waals surface area contributed by atoms with Gasteiger partial charge in [0.1, 0.15) is 5.82 Å². The molecule has 1 aliphatic heterocycles. The van der Waals surface area contributed by atoms with Crippen molar-refractivity contribution >= 4 is 0 Å². The highest BCUT2D eigenvalue weighted by Gasteiger charge is 2.18. The van der Waals surface area contributed by atoms with E-state index < -0.39 is 0 Å². The van der Waals surface area contributed by atoms with E-state index in [9.17, 15) is 4.39 Å². The van der Waals surface area contributed by atoms with E-state index in [1.165, 1.54) is 19.3 Å². The smallest absolute Gasteiger partial charge is 0.126 e. The van der Waals surface area contributed by atoms with Crippen LogP contribution in [0.3, 0.4) is 0 Å². The van der Waals surface area contributed by atoms with Gasteiger partial charge in [0.05, 0.1) is 6.10 Å². The summed E-state index contributed by atoms with van der Waals surface area (Å²) in [5, 5.41) is 3.55. The second kappa shape index (κ2) is 8.50. The molecule has 2 atom stereocenters. The van der Waals surface area contributed by atoms with Crippen LogP contribution in [0.25, 0.3) is 0 Å². The highest BCUT2D eigenvalue weighted by atomic mass is 19.1. The zero-order valence-electron chi connectivity index (χ0n) is 13.3. The Kier molecular flexibility index (Phi) is 6.65. The van der Waals surface area contributed by atoms with Crippen LogP contribution in [0, 0.1) is 12.7 Å². The molecule has 1 aromatic rings. The van der Waals surface area contributed by atoms with E-state index in [0.717, 1.165) is 38.0 Å². The van der Waals surface area contributed by atoms with Gasteiger partial charge in [-0.3, -0.25) is 0 Å². The van der Waals surface area contributed by atoms with E-state index in [2.05, 4.69) is 12.2 Å². The molecule has 1 N–H and O–H groups in total. The lowest BCUT2D eigenvalue weighted by molar-refractivity contribution is 0.00854. The van der Waals surface area contributed by atoms with E-state index in [0.29, 0.717) is 11.7 Å². The lowest BCUT2D eigenvalue weighted by Gasteiger charge is -2.26. The van der Waals surface area contributed by atoms with E-state index in [1.807, 2.05) is 19.1 Å². The topological polar surface area (TPSA) is 21.3 Å². The zero-order valence-corrected chi connectivity index (χ0v) is 13.3. The van der Waals surface area contributed by atoms with Gasteiger partial charge in [-0.25, -0.2) is 4.39 Å². The SMILES string of the molecule is CCCNC(CCC1CCCCO1)c1ccc(C)c(F)c1. The molecule has 0 saturated carbocycles. The van der Waals surface area contributed by atoms with Gasteiger partial charge < -0.3 is 10.1 Å². The molecule has 3 heteroatoms. The van der Waals surface area contributed by atoms with Crippen LogP contribution in [-0.2, 0) is 4.74 Å². The van der Waals surface area contributed by atoms with Crippen molar-refractivity contribution in [3.63, 3.8) is 0 Å². The van der Waals surface area contributed by atoms with E-state index in [1.54, 1.807) is 6.07 Å². The van der Waals surface area contributed by atoms with Gasteiger partial charge in [0, 0.05) is 12.6 Å². The molecule has 0 amide bonds. The molecule has 1 saturated heterocycles. The molecule has 1 heterocycles. The van der Waals surface area contributed by atoms with Crippen molar-refractivity contribution in [2.24, 2.45) is 0 Å². The van der Waals surface area contributed by atoms with E-state index in [4.69, 9.17) is 4.74 Å². The Balaban J connectivity index is 1.97. The lowest BCUT2D eigenvalue weighted by Crippen LogP contribution is -2.25. The molecule has 0 aromatic heterocycles. The molecule has 1 aromatic carbocycles. The van der Waals surface area contributed by atoms with Gasteiger partial charge in [0.25, 0.3) is 0 Å². The van der Waals surface area contributed by atoms with E-state index >= 15 is 0 Å². The lowest BCUT2D eigenvalue weighted by atomic mass is 9.96. The molecule has 2 unspecified atom stereocenters. The fourth-order valence-electron chi connectivity index (χ4n) is 2.92. The maximum absolute atomic E-state index is 13.8. The number of hydrogen-bond donors (Lipinski definition) is 1. The molecule has 2 rings (SSSR count). The summed E-state index contributed by atoms with van der Waals surface area (Å²) in [6.45, 7) is 5.83. The molecular weight excluding hydrogens is 265 g/mol. The highest BCUT2D eigenvalue weighted by molar-refractivity contribution is 5.25. The minimum Gasteiger partial charge on any atom is -0.378 e. The molecule has 1 fully saturated rings. The third kappa shape index (κ3) is 5.08. The van der Waals surface area contributed by atoms with Gasteiger partial charge in [0.15, 0.2) is 0 Å². The standard InChI is InChI=1S/C18H28FNO/c1-3-11-20-18(10-9-16-6-4-5-12-21-16)15-8-7-14(2)17(19)13-15/h7-8,13,16,18,20H,3-6,9-12H2,1-2H3. The second-order valence-corrected chi connectivity index (χ2v) is 6.08. The third-order valence-corrected chi connectivity index (χ3v) is 4.29. The average Bonchev–Trinajstić information content (AvgIpc) is 2.51. The number of rotatable bonds is 7. The van der Waals surface area contributed by atoms with Crippen molar-refractivity contribution in [1.29, 1.82) is 0 Å². The number of ether oxygens (including phenoxy) is 1. The Labute approximate surface area is 128 Å². The number of hydrogen-bond acceptors (Lipinski definition) is 2. The summed E-state index contributed by atoms with van der Waals surface area (Å²) >= 11 is 0. The molecule has 0 spiro atoms. The number of halogens is 1. The quantitative estimate of drug-likeness (QED) is 0.798. The van der Waals surface area contributed by atoms with Crippen LogP contribution in [0.1, 0.15) is 62.6 Å². The summed E-state index contributed by atoms with van der Waals surface area (Å²) in [5.74, 6) is -0.107. The second-order valence-electron chi connectivity index (χ2n) is 6.08. The van der Waals surface area contributed by atoms with Crippen LogP contribution in [0.15, 0.2) is 18.2 Å². The monoisotopic (exact) mass is 293 g/mol. The molecular formula is C18H28FNO. The minimum atomic E-state index is -0.107. The summed E-state index contributed by atoms with van der Waals surface area (Å²) in [7, 11) is 0. The summed E-state index contributed by atoms with van der Waals surface area (Å²) in [5.41, 5.74) is 1.77. The predicted octanol–water partition coefficient (Wildman–Crippen LogP) is 4.52. The molecule has 2 nitrogen and oxygen atoms in total. The Morgan fingerprint density at radius 3 is 2.90 bits per heavy atom. The average molecular weight is 293 g/mol. The fourth-order valence-corrected chi connectivity index (χ4v) is 2.92. The van der Waals surface area contributed by atoms with Crippen LogP contribution in [0.4, 0.5) is 4.39 Å². The molecule has 1 aliphatic rings.